The van der Waals surface area contributed by atoms with Crippen LogP contribution in [0.2, 0.25) is 5.04 Å². The van der Waals surface area contributed by atoms with Crippen molar-refractivity contribution in [2.45, 2.75) is 71.1 Å². The number of fused-ring (bicyclic) bond motifs is 1. The molecule has 13 nitrogen and oxygen atoms in total. The lowest BCUT2D eigenvalue weighted by Crippen LogP contribution is -2.66. The minimum absolute atomic E-state index is 0.0251. The van der Waals surface area contributed by atoms with Gasteiger partial charge < -0.3 is 29.4 Å². The lowest BCUT2D eigenvalue weighted by Gasteiger charge is -2.43. The van der Waals surface area contributed by atoms with Gasteiger partial charge in [-0.2, -0.15) is 10.1 Å². The molecule has 0 fully saturated rings. The summed E-state index contributed by atoms with van der Waals surface area (Å²) >= 11 is 0. The van der Waals surface area contributed by atoms with Crippen molar-refractivity contribution in [2.75, 3.05) is 58.6 Å². The first-order valence-corrected chi connectivity index (χ1v) is 20.9. The van der Waals surface area contributed by atoms with Crippen molar-refractivity contribution >= 4 is 47.6 Å². The number of amides is 1. The first-order chi connectivity index (χ1) is 26.3. The van der Waals surface area contributed by atoms with Crippen molar-refractivity contribution in [3.8, 4) is 5.88 Å². The van der Waals surface area contributed by atoms with Gasteiger partial charge in [-0.3, -0.25) is 10.00 Å². The van der Waals surface area contributed by atoms with Gasteiger partial charge >= 0.3 is 6.09 Å². The number of carbonyl (C=O) groups is 1. The molecule has 294 valence electrons. The van der Waals surface area contributed by atoms with Gasteiger partial charge in [0.05, 0.1) is 19.9 Å². The Bertz CT molecular complexity index is 1950. The van der Waals surface area contributed by atoms with Gasteiger partial charge in [-0.25, -0.2) is 14.8 Å². The van der Waals surface area contributed by atoms with Gasteiger partial charge in [-0.1, -0.05) is 94.8 Å². The third kappa shape index (κ3) is 10.3. The summed E-state index contributed by atoms with van der Waals surface area (Å²) in [7, 11) is 5.10. The number of pyridine rings is 1. The average molecular weight is 768 g/mol. The van der Waals surface area contributed by atoms with E-state index in [1.54, 1.807) is 13.3 Å². The maximum atomic E-state index is 11.7. The van der Waals surface area contributed by atoms with Crippen LogP contribution in [0.25, 0.3) is 11.0 Å². The number of ether oxygens (including phenoxy) is 1. The second-order valence-electron chi connectivity index (χ2n) is 15.3. The zero-order valence-corrected chi connectivity index (χ0v) is 34.5. The Kier molecular flexibility index (Phi) is 14.0. The first kappa shape index (κ1) is 41.3. The molecular weight excluding hydrogens is 711 g/mol. The number of aromatic nitrogens is 5. The van der Waals surface area contributed by atoms with Crippen LogP contribution < -0.4 is 25.7 Å². The molecule has 0 radical (unpaired) electrons. The Morgan fingerprint density at radius 2 is 1.64 bits per heavy atom. The number of anilines is 2. The summed E-state index contributed by atoms with van der Waals surface area (Å²) in [5, 5.41) is 22.6. The van der Waals surface area contributed by atoms with Gasteiger partial charge in [0.15, 0.2) is 5.82 Å². The quantitative estimate of drug-likeness (QED) is 0.0864. The fourth-order valence-corrected chi connectivity index (χ4v) is 11.8. The van der Waals surface area contributed by atoms with Crippen LogP contribution in [0, 0.1) is 0 Å². The number of methoxy groups -OCH3 is 1. The first-order valence-electron chi connectivity index (χ1n) is 18.9. The van der Waals surface area contributed by atoms with E-state index in [9.17, 15) is 9.90 Å². The maximum absolute atomic E-state index is 11.7. The van der Waals surface area contributed by atoms with Crippen molar-refractivity contribution in [2.24, 2.45) is 0 Å². The number of carboxylic acid groups (broad SMARTS) is 1. The highest BCUT2D eigenvalue weighted by molar-refractivity contribution is 6.99. The number of nitrogens with one attached hydrogen (secondary N) is 2. The topological polar surface area (TPSA) is 143 Å². The highest BCUT2D eigenvalue weighted by Crippen LogP contribution is 2.37. The lowest BCUT2D eigenvalue weighted by atomic mass is 10.1. The van der Waals surface area contributed by atoms with Gasteiger partial charge in [0.2, 0.25) is 11.8 Å². The largest absolute Gasteiger partial charge is 0.481 e. The molecule has 3 aromatic heterocycles. The molecule has 2 aromatic carbocycles. The molecule has 0 aliphatic carbocycles. The fourth-order valence-electron chi connectivity index (χ4n) is 7.17. The van der Waals surface area contributed by atoms with E-state index in [0.717, 1.165) is 43.6 Å². The molecule has 0 aliphatic heterocycles. The second kappa shape index (κ2) is 18.6. The van der Waals surface area contributed by atoms with E-state index in [4.69, 9.17) is 19.2 Å². The fraction of sp³-hybridized carbons (Fsp3) is 0.439. The highest BCUT2D eigenvalue weighted by atomic mass is 28.4. The van der Waals surface area contributed by atoms with Gasteiger partial charge in [-0.05, 0) is 61.0 Å². The van der Waals surface area contributed by atoms with Crippen molar-refractivity contribution in [3.05, 3.63) is 90.3 Å². The summed E-state index contributed by atoms with van der Waals surface area (Å²) in [5.41, 5.74) is 3.07. The van der Waals surface area contributed by atoms with E-state index < -0.39 is 14.4 Å². The number of benzene rings is 2. The minimum atomic E-state index is -2.74. The van der Waals surface area contributed by atoms with E-state index in [-0.39, 0.29) is 17.0 Å². The predicted octanol–water partition coefficient (Wildman–Crippen LogP) is 5.91. The molecule has 1 atom stereocenters. The third-order valence-electron chi connectivity index (χ3n) is 9.76. The van der Waals surface area contributed by atoms with E-state index >= 15 is 0 Å². The summed E-state index contributed by atoms with van der Waals surface area (Å²) < 4.78 is 14.8. The molecule has 0 aliphatic rings. The molecule has 55 heavy (non-hydrogen) atoms. The lowest BCUT2D eigenvalue weighted by molar-refractivity contribution is 0.209. The van der Waals surface area contributed by atoms with Crippen LogP contribution in [0.15, 0.2) is 79.1 Å². The Morgan fingerprint density at radius 1 is 0.964 bits per heavy atom. The van der Waals surface area contributed by atoms with Crippen LogP contribution in [0.1, 0.15) is 58.1 Å². The minimum Gasteiger partial charge on any atom is -0.481 e. The second-order valence-corrected chi connectivity index (χ2v) is 19.7. The molecule has 5 aromatic rings. The Hall–Kier alpha value is -4.89. The van der Waals surface area contributed by atoms with Crippen molar-refractivity contribution in [3.63, 3.8) is 0 Å². The highest BCUT2D eigenvalue weighted by Gasteiger charge is 2.50. The van der Waals surface area contributed by atoms with E-state index in [0.29, 0.717) is 42.3 Å². The standard InChI is InChI=1S/C41H57N9O4Si/c1-9-16-32(21-24-54-55(41(2,3)4,33-17-12-10-13-18-33)34-19-14-11-15-20-34)44-37-36-35(45-39(46-37)47-40(51)52)27-43-50(36)29-31-25-30(26-42-38(31)53-8)28-49(7)23-22-48(5)6/h10-15,17-20,25-27,32H,9,16,21-24,28-29H2,1-8H3,(H,51,52)(H2,44,45,46,47). The summed E-state index contributed by atoms with van der Waals surface area (Å²) in [6.07, 6.45) is 4.69. The van der Waals surface area contributed by atoms with Crippen LogP contribution >= 0.6 is 0 Å². The Balaban J connectivity index is 1.46. The van der Waals surface area contributed by atoms with Crippen LogP contribution in [0.5, 0.6) is 5.88 Å². The molecule has 1 unspecified atom stereocenters. The molecule has 0 spiro atoms. The molecule has 3 N–H and O–H groups in total. The van der Waals surface area contributed by atoms with Crippen molar-refractivity contribution in [1.82, 2.24) is 34.5 Å². The van der Waals surface area contributed by atoms with Gasteiger partial charge in [0.25, 0.3) is 8.32 Å². The molecule has 5 rings (SSSR count). The molecule has 3 heterocycles. The molecule has 0 saturated heterocycles. The molecule has 14 heteroatoms. The smallest absolute Gasteiger partial charge is 0.411 e. The number of rotatable bonds is 19. The number of likely N-dealkylation sites (N-methyl/N-ethyl adjacent to an activating group) is 2. The summed E-state index contributed by atoms with van der Waals surface area (Å²) in [6.45, 7) is 12.4. The van der Waals surface area contributed by atoms with Gasteiger partial charge in [-0.15, -0.1) is 0 Å². The number of nitrogens with zero attached hydrogens (tertiary/aromatic N) is 7. The normalized spacial score (nSPS) is 12.7. The van der Waals surface area contributed by atoms with Crippen LogP contribution in [0.4, 0.5) is 16.6 Å². The molecular formula is C41H57N9O4Si. The van der Waals surface area contributed by atoms with Gasteiger partial charge in [0.1, 0.15) is 11.0 Å². The van der Waals surface area contributed by atoms with Crippen LogP contribution in [-0.4, -0.2) is 108 Å². The van der Waals surface area contributed by atoms with Crippen molar-refractivity contribution < 1.29 is 19.1 Å². The van der Waals surface area contributed by atoms with Crippen LogP contribution in [0.3, 0.4) is 0 Å². The molecule has 0 saturated carbocycles. The maximum Gasteiger partial charge on any atom is 0.411 e. The van der Waals surface area contributed by atoms with Crippen molar-refractivity contribution in [1.29, 1.82) is 0 Å². The zero-order chi connectivity index (χ0) is 39.6. The van der Waals surface area contributed by atoms with Crippen LogP contribution in [-0.2, 0) is 17.5 Å². The number of hydrogen-bond acceptors (Lipinski definition) is 10. The Morgan fingerprint density at radius 3 is 2.22 bits per heavy atom. The molecule has 0 bridgehead atoms. The van der Waals surface area contributed by atoms with E-state index in [1.807, 2.05) is 23.0 Å². The summed E-state index contributed by atoms with van der Waals surface area (Å²) in [6, 6.07) is 23.3. The van der Waals surface area contributed by atoms with Gasteiger partial charge in [0, 0.05) is 44.0 Å². The summed E-state index contributed by atoms with van der Waals surface area (Å²) in [5.74, 6) is 0.969. The monoisotopic (exact) mass is 767 g/mol. The predicted molar refractivity (Wildman–Crippen MR) is 222 cm³/mol. The number of hydrogen-bond donors (Lipinski definition) is 3. The van der Waals surface area contributed by atoms with E-state index in [2.05, 4.69) is 134 Å². The average Bonchev–Trinajstić information content (AvgIpc) is 3.55. The summed E-state index contributed by atoms with van der Waals surface area (Å²) in [4.78, 5) is 30.0. The zero-order valence-electron chi connectivity index (χ0n) is 33.5. The third-order valence-corrected chi connectivity index (χ3v) is 14.8. The Labute approximate surface area is 326 Å². The molecule has 1 amide bonds. The SMILES string of the molecule is CCCC(CCO[Si](c1ccccc1)(c1ccccc1)C(C)(C)C)Nc1nc(NC(=O)O)nc2cnn(Cc3cc(CN(C)CCN(C)C)cnc3OC)c12. The van der Waals surface area contributed by atoms with E-state index in [1.165, 1.54) is 10.4 Å².